The molecule has 4 aromatic rings. The van der Waals surface area contributed by atoms with Crippen LogP contribution in [-0.4, -0.2) is 16.7 Å². The van der Waals surface area contributed by atoms with Crippen LogP contribution < -0.4 is 5.32 Å². The molecule has 0 bridgehead atoms. The predicted molar refractivity (Wildman–Crippen MR) is 126 cm³/mol. The Labute approximate surface area is 180 Å². The second-order valence-electron chi connectivity index (χ2n) is 7.06. The molecule has 0 saturated heterocycles. The monoisotopic (exact) mass is 404 g/mol. The van der Waals surface area contributed by atoms with Crippen LogP contribution in [0.25, 0.3) is 22.4 Å². The van der Waals surface area contributed by atoms with Crippen LogP contribution in [0.15, 0.2) is 104 Å². The van der Waals surface area contributed by atoms with E-state index in [4.69, 9.17) is 0 Å². The molecule has 0 fully saturated rings. The summed E-state index contributed by atoms with van der Waals surface area (Å²) in [4.78, 5) is 29.0. The van der Waals surface area contributed by atoms with Crippen molar-refractivity contribution in [2.75, 3.05) is 5.32 Å². The first-order valence-corrected chi connectivity index (χ1v) is 9.82. The summed E-state index contributed by atoms with van der Waals surface area (Å²) in [5, 5.41) is 4.88. The smallest absolute Gasteiger partial charge is 0.248 e. The first-order valence-electron chi connectivity index (χ1n) is 9.82. The summed E-state index contributed by atoms with van der Waals surface area (Å²) < 4.78 is 0. The molecule has 0 atom stereocenters. The van der Waals surface area contributed by atoms with Crippen LogP contribution in [0.1, 0.15) is 21.5 Å². The number of nitrogens with zero attached hydrogens (tertiary/aromatic N) is 1. The van der Waals surface area contributed by atoms with E-state index in [1.54, 1.807) is 42.7 Å². The van der Waals surface area contributed by atoms with Crippen molar-refractivity contribution in [3.63, 3.8) is 0 Å². The molecule has 150 valence electrons. The summed E-state index contributed by atoms with van der Waals surface area (Å²) in [7, 11) is 0. The number of aromatic nitrogens is 1. The Morgan fingerprint density at radius 1 is 0.839 bits per heavy atom. The van der Waals surface area contributed by atoms with Crippen molar-refractivity contribution in [3.8, 4) is 0 Å². The fraction of sp³-hybridized carbons (Fsp3) is 0. The first kappa shape index (κ1) is 20.0. The number of anilines is 1. The molecule has 0 unspecified atom stereocenters. The molecule has 31 heavy (non-hydrogen) atoms. The van der Waals surface area contributed by atoms with Gasteiger partial charge in [-0.05, 0) is 40.8 Å². The Kier molecular flexibility index (Phi) is 5.81. The number of nitrogens with one attached hydrogen (secondary N) is 1. The third-order valence-corrected chi connectivity index (χ3v) is 4.90. The highest BCUT2D eigenvalue weighted by Crippen LogP contribution is 2.19. The molecule has 4 heteroatoms. The number of rotatable bonds is 6. The highest BCUT2D eigenvalue weighted by Gasteiger charge is 2.11. The van der Waals surface area contributed by atoms with E-state index in [1.165, 1.54) is 6.08 Å². The number of benzene rings is 3. The van der Waals surface area contributed by atoms with Crippen LogP contribution in [-0.2, 0) is 4.79 Å². The second-order valence-corrected chi connectivity index (χ2v) is 7.06. The Hall–Kier alpha value is -4.31. The van der Waals surface area contributed by atoms with Crippen molar-refractivity contribution < 1.29 is 9.59 Å². The average molecular weight is 404 g/mol. The van der Waals surface area contributed by atoms with Gasteiger partial charge in [-0.25, -0.2) is 0 Å². The predicted octanol–water partition coefficient (Wildman–Crippen LogP) is 5.78. The Balaban J connectivity index is 1.40. The van der Waals surface area contributed by atoms with Gasteiger partial charge < -0.3 is 5.32 Å². The summed E-state index contributed by atoms with van der Waals surface area (Å²) in [6.07, 6.45) is 6.68. The van der Waals surface area contributed by atoms with E-state index in [0.29, 0.717) is 16.8 Å². The molecule has 0 spiro atoms. The van der Waals surface area contributed by atoms with E-state index in [2.05, 4.69) is 16.9 Å². The molecule has 1 aromatic heterocycles. The van der Waals surface area contributed by atoms with E-state index >= 15 is 0 Å². The van der Waals surface area contributed by atoms with E-state index < -0.39 is 0 Å². The molecule has 0 saturated carbocycles. The minimum atomic E-state index is -0.231. The lowest BCUT2D eigenvalue weighted by Crippen LogP contribution is -2.07. The van der Waals surface area contributed by atoms with Crippen LogP contribution in [0.5, 0.6) is 0 Å². The van der Waals surface area contributed by atoms with Crippen LogP contribution in [0, 0.1) is 0 Å². The van der Waals surface area contributed by atoms with Gasteiger partial charge in [-0.15, -0.1) is 0 Å². The maximum Gasteiger partial charge on any atom is 0.248 e. The Morgan fingerprint density at radius 3 is 2.39 bits per heavy atom. The lowest BCUT2D eigenvalue weighted by molar-refractivity contribution is -0.111. The number of ketones is 1. The average Bonchev–Trinajstić information content (AvgIpc) is 2.82. The van der Waals surface area contributed by atoms with Gasteiger partial charge in [0.1, 0.15) is 0 Å². The second kappa shape index (κ2) is 9.01. The van der Waals surface area contributed by atoms with E-state index in [-0.39, 0.29) is 11.7 Å². The number of Topliss-reactive ketones (excluding diaryl/α,β-unsaturated/α-hetero) is 1. The van der Waals surface area contributed by atoms with Crippen molar-refractivity contribution in [3.05, 3.63) is 121 Å². The van der Waals surface area contributed by atoms with Gasteiger partial charge in [-0.3, -0.25) is 14.6 Å². The SMILES string of the molecule is C=C(C(=O)c1ccc(/C=C/C(=O)Nc2ccc3cnccc3c2)cc1)c1ccccc1. The third kappa shape index (κ3) is 4.82. The lowest BCUT2D eigenvalue weighted by Gasteiger charge is -2.06. The molecule has 1 N–H and O–H groups in total. The largest absolute Gasteiger partial charge is 0.322 e. The topological polar surface area (TPSA) is 59.1 Å². The molecule has 0 radical (unpaired) electrons. The fourth-order valence-corrected chi connectivity index (χ4v) is 3.21. The number of hydrogen-bond acceptors (Lipinski definition) is 3. The Bertz CT molecular complexity index is 1290. The number of pyridine rings is 1. The van der Waals surface area contributed by atoms with E-state index in [9.17, 15) is 9.59 Å². The van der Waals surface area contributed by atoms with Gasteiger partial charge in [0.25, 0.3) is 0 Å². The maximum atomic E-state index is 12.6. The molecule has 4 rings (SSSR count). The molecular weight excluding hydrogens is 384 g/mol. The quantitative estimate of drug-likeness (QED) is 0.327. The highest BCUT2D eigenvalue weighted by molar-refractivity contribution is 6.28. The Morgan fingerprint density at radius 2 is 1.61 bits per heavy atom. The summed E-state index contributed by atoms with van der Waals surface area (Å²) in [6, 6.07) is 24.0. The maximum absolute atomic E-state index is 12.6. The van der Waals surface area contributed by atoms with E-state index in [1.807, 2.05) is 54.6 Å². The molecule has 3 aromatic carbocycles. The number of hydrogen-bond donors (Lipinski definition) is 1. The van der Waals surface area contributed by atoms with Crippen molar-refractivity contribution in [2.24, 2.45) is 0 Å². The van der Waals surface area contributed by atoms with Crippen LogP contribution >= 0.6 is 0 Å². The summed E-state index contributed by atoms with van der Waals surface area (Å²) >= 11 is 0. The van der Waals surface area contributed by atoms with Crippen LogP contribution in [0.3, 0.4) is 0 Å². The minimum absolute atomic E-state index is 0.119. The number of carbonyl (C=O) groups excluding carboxylic acids is 2. The first-order chi connectivity index (χ1) is 15.1. The van der Waals surface area contributed by atoms with Gasteiger partial charge in [0.2, 0.25) is 5.91 Å². The fourth-order valence-electron chi connectivity index (χ4n) is 3.21. The zero-order chi connectivity index (χ0) is 21.6. The van der Waals surface area contributed by atoms with Gasteiger partial charge in [-0.1, -0.05) is 67.2 Å². The minimum Gasteiger partial charge on any atom is -0.322 e. The number of amides is 1. The molecule has 0 aliphatic heterocycles. The zero-order valence-electron chi connectivity index (χ0n) is 16.8. The van der Waals surface area contributed by atoms with Gasteiger partial charge >= 0.3 is 0 Å². The molecule has 0 aliphatic carbocycles. The van der Waals surface area contributed by atoms with E-state index in [0.717, 1.165) is 21.9 Å². The summed E-state index contributed by atoms with van der Waals surface area (Å²) in [6.45, 7) is 3.92. The number of allylic oxidation sites excluding steroid dienone is 1. The molecule has 1 heterocycles. The van der Waals surface area contributed by atoms with Crippen LogP contribution in [0.2, 0.25) is 0 Å². The van der Waals surface area contributed by atoms with Crippen molar-refractivity contribution in [2.45, 2.75) is 0 Å². The van der Waals surface area contributed by atoms with Gasteiger partial charge in [0, 0.05) is 40.7 Å². The third-order valence-electron chi connectivity index (χ3n) is 4.90. The lowest BCUT2D eigenvalue weighted by atomic mass is 9.97. The molecular formula is C27H20N2O2. The standard InChI is InChI=1S/C27H20N2O2/c1-19(21-5-3-2-4-6-21)27(31)22-10-7-20(8-11-22)9-14-26(30)29-25-13-12-24-18-28-16-15-23(24)17-25/h2-18H,1H2,(H,29,30)/b14-9+. The van der Waals surface area contributed by atoms with Gasteiger partial charge in [0.05, 0.1) is 0 Å². The summed E-state index contributed by atoms with van der Waals surface area (Å²) in [5.74, 6) is -0.350. The molecule has 1 amide bonds. The van der Waals surface area contributed by atoms with Crippen molar-refractivity contribution >= 4 is 39.8 Å². The highest BCUT2D eigenvalue weighted by atomic mass is 16.1. The van der Waals surface area contributed by atoms with Crippen molar-refractivity contribution in [1.82, 2.24) is 4.98 Å². The normalized spacial score (nSPS) is 10.8. The number of carbonyl (C=O) groups is 2. The number of fused-ring (bicyclic) bond motifs is 1. The van der Waals surface area contributed by atoms with Crippen LogP contribution in [0.4, 0.5) is 5.69 Å². The molecule has 4 nitrogen and oxygen atoms in total. The zero-order valence-corrected chi connectivity index (χ0v) is 16.8. The van der Waals surface area contributed by atoms with Gasteiger partial charge in [0.15, 0.2) is 5.78 Å². The summed E-state index contributed by atoms with van der Waals surface area (Å²) in [5.41, 5.74) is 3.35. The molecule has 0 aliphatic rings. The van der Waals surface area contributed by atoms with Crippen molar-refractivity contribution in [1.29, 1.82) is 0 Å². The van der Waals surface area contributed by atoms with Gasteiger partial charge in [-0.2, -0.15) is 0 Å².